The van der Waals surface area contributed by atoms with Gasteiger partial charge < -0.3 is 9.26 Å². The van der Waals surface area contributed by atoms with Gasteiger partial charge in [0.25, 0.3) is 5.89 Å². The van der Waals surface area contributed by atoms with Crippen molar-refractivity contribution < 1.29 is 14.2 Å². The number of benzene rings is 1. The monoisotopic (exact) mass is 349 g/mol. The summed E-state index contributed by atoms with van der Waals surface area (Å²) in [4.78, 5) is 15.0. The molecule has 124 valence electrons. The highest BCUT2D eigenvalue weighted by Crippen LogP contribution is 2.34. The molecule has 0 spiro atoms. The van der Waals surface area contributed by atoms with Crippen molar-refractivity contribution in [1.82, 2.24) is 19.9 Å². The summed E-state index contributed by atoms with van der Waals surface area (Å²) in [5.74, 6) is 0.642. The van der Waals surface area contributed by atoms with E-state index in [1.54, 1.807) is 32.2 Å². The van der Waals surface area contributed by atoms with Crippen LogP contribution in [0, 0.1) is 17.0 Å². The molecule has 0 N–H and O–H groups in total. The number of nitro groups is 1. The molecule has 0 radical (unpaired) electrons. The molecule has 1 aromatic carbocycles. The topological polar surface area (TPSA) is 109 Å². The number of aromatic nitrogens is 4. The number of methoxy groups -OCH3 is 1. The molecule has 3 rings (SSSR count). The first-order valence-corrected chi connectivity index (χ1v) is 7.16. The van der Waals surface area contributed by atoms with Crippen LogP contribution in [0.2, 0.25) is 5.02 Å². The van der Waals surface area contributed by atoms with E-state index in [9.17, 15) is 10.1 Å². The zero-order valence-corrected chi connectivity index (χ0v) is 13.7. The number of nitrogens with zero attached hydrogens (tertiary/aromatic N) is 5. The van der Waals surface area contributed by atoms with Gasteiger partial charge in [0.2, 0.25) is 11.5 Å². The van der Waals surface area contributed by atoms with Crippen LogP contribution in [0.4, 0.5) is 5.69 Å². The zero-order chi connectivity index (χ0) is 17.4. The quantitative estimate of drug-likeness (QED) is 0.526. The van der Waals surface area contributed by atoms with Gasteiger partial charge >= 0.3 is 5.69 Å². The van der Waals surface area contributed by atoms with E-state index in [0.29, 0.717) is 22.0 Å². The fourth-order valence-electron chi connectivity index (χ4n) is 2.24. The van der Waals surface area contributed by atoms with Crippen molar-refractivity contribution in [3.05, 3.63) is 39.0 Å². The SMILES string of the molecule is COc1ccc(Cl)cc1-c1noc(-c2nn(C)c(C)c2[N+](=O)[O-])n1. The van der Waals surface area contributed by atoms with E-state index in [4.69, 9.17) is 20.9 Å². The van der Waals surface area contributed by atoms with E-state index in [-0.39, 0.29) is 23.1 Å². The number of hydrogen-bond acceptors (Lipinski definition) is 7. The Bertz CT molecular complexity index is 933. The molecule has 0 saturated carbocycles. The molecule has 0 fully saturated rings. The van der Waals surface area contributed by atoms with Crippen molar-refractivity contribution in [2.45, 2.75) is 6.92 Å². The summed E-state index contributed by atoms with van der Waals surface area (Å²) in [6.07, 6.45) is 0. The molecular formula is C14H12ClN5O4. The minimum Gasteiger partial charge on any atom is -0.496 e. The molecule has 3 aromatic rings. The number of hydrogen-bond donors (Lipinski definition) is 0. The molecule has 24 heavy (non-hydrogen) atoms. The molecule has 9 nitrogen and oxygen atoms in total. The Morgan fingerprint density at radius 2 is 2.17 bits per heavy atom. The molecule has 0 bridgehead atoms. The average Bonchev–Trinajstić information content (AvgIpc) is 3.13. The van der Waals surface area contributed by atoms with E-state index >= 15 is 0 Å². The maximum absolute atomic E-state index is 11.3. The van der Waals surface area contributed by atoms with Crippen molar-refractivity contribution in [2.24, 2.45) is 7.05 Å². The lowest BCUT2D eigenvalue weighted by Gasteiger charge is -2.04. The summed E-state index contributed by atoms with van der Waals surface area (Å²) in [6.45, 7) is 1.59. The molecular weight excluding hydrogens is 338 g/mol. The zero-order valence-electron chi connectivity index (χ0n) is 13.0. The normalized spacial score (nSPS) is 10.8. The lowest BCUT2D eigenvalue weighted by Crippen LogP contribution is -1.94. The van der Waals surface area contributed by atoms with E-state index in [1.807, 2.05) is 0 Å². The van der Waals surface area contributed by atoms with Crippen LogP contribution in [0.15, 0.2) is 22.7 Å². The van der Waals surface area contributed by atoms with Crippen molar-refractivity contribution in [3.8, 4) is 28.7 Å². The Balaban J connectivity index is 2.12. The molecule has 0 saturated heterocycles. The first-order valence-electron chi connectivity index (χ1n) is 6.78. The molecule has 2 heterocycles. The molecule has 0 atom stereocenters. The van der Waals surface area contributed by atoms with Crippen LogP contribution in [0.3, 0.4) is 0 Å². The third-order valence-corrected chi connectivity index (χ3v) is 3.75. The second-order valence-corrected chi connectivity index (χ2v) is 5.37. The first kappa shape index (κ1) is 15.9. The van der Waals surface area contributed by atoms with Crippen LogP contribution < -0.4 is 4.74 Å². The average molecular weight is 350 g/mol. The highest BCUT2D eigenvalue weighted by atomic mass is 35.5. The van der Waals surface area contributed by atoms with Crippen LogP contribution in [-0.4, -0.2) is 32.0 Å². The predicted octanol–water partition coefficient (Wildman–Crippen LogP) is 3.02. The fourth-order valence-corrected chi connectivity index (χ4v) is 2.42. The summed E-state index contributed by atoms with van der Waals surface area (Å²) < 4.78 is 11.8. The number of rotatable bonds is 4. The maximum atomic E-state index is 11.3. The highest BCUT2D eigenvalue weighted by Gasteiger charge is 2.29. The van der Waals surface area contributed by atoms with Gasteiger partial charge in [-0.1, -0.05) is 16.8 Å². The second-order valence-electron chi connectivity index (χ2n) is 4.93. The van der Waals surface area contributed by atoms with Gasteiger partial charge in [0.15, 0.2) is 0 Å². The number of aryl methyl sites for hydroxylation is 1. The largest absolute Gasteiger partial charge is 0.496 e. The molecule has 10 heteroatoms. The molecule has 0 amide bonds. The minimum absolute atomic E-state index is 0.0137. The van der Waals surface area contributed by atoms with Crippen molar-refractivity contribution in [2.75, 3.05) is 7.11 Å². The van der Waals surface area contributed by atoms with Crippen LogP contribution >= 0.6 is 11.6 Å². The minimum atomic E-state index is -0.526. The van der Waals surface area contributed by atoms with Gasteiger partial charge in [-0.25, -0.2) is 0 Å². The Morgan fingerprint density at radius 3 is 2.83 bits per heavy atom. The first-order chi connectivity index (χ1) is 11.4. The van der Waals surface area contributed by atoms with E-state index in [2.05, 4.69) is 15.2 Å². The summed E-state index contributed by atoms with van der Waals surface area (Å²) >= 11 is 5.99. The fraction of sp³-hybridized carbons (Fsp3) is 0.214. The summed E-state index contributed by atoms with van der Waals surface area (Å²) in [6, 6.07) is 4.95. The van der Waals surface area contributed by atoms with Gasteiger partial charge in [0.05, 0.1) is 17.6 Å². The summed E-state index contributed by atoms with van der Waals surface area (Å²) in [5, 5.41) is 19.7. The predicted molar refractivity (Wildman–Crippen MR) is 84.9 cm³/mol. The van der Waals surface area contributed by atoms with Crippen LogP contribution in [-0.2, 0) is 7.05 Å². The van der Waals surface area contributed by atoms with Gasteiger partial charge in [-0.15, -0.1) is 0 Å². The van der Waals surface area contributed by atoms with E-state index in [0.717, 1.165) is 0 Å². The van der Waals surface area contributed by atoms with Gasteiger partial charge in [0, 0.05) is 12.1 Å². The Hall–Kier alpha value is -2.94. The smallest absolute Gasteiger partial charge is 0.322 e. The lowest BCUT2D eigenvalue weighted by molar-refractivity contribution is -0.384. The lowest BCUT2D eigenvalue weighted by atomic mass is 10.2. The van der Waals surface area contributed by atoms with E-state index < -0.39 is 4.92 Å². The van der Waals surface area contributed by atoms with Crippen LogP contribution in [0.5, 0.6) is 5.75 Å². The third kappa shape index (κ3) is 2.58. The molecule has 0 unspecified atom stereocenters. The number of halogens is 1. The van der Waals surface area contributed by atoms with Gasteiger partial charge in [-0.05, 0) is 25.1 Å². The Labute approximate surface area is 141 Å². The van der Waals surface area contributed by atoms with E-state index in [1.165, 1.54) is 11.8 Å². The van der Waals surface area contributed by atoms with Crippen LogP contribution in [0.25, 0.3) is 23.0 Å². The van der Waals surface area contributed by atoms with Crippen molar-refractivity contribution in [1.29, 1.82) is 0 Å². The molecule has 0 aliphatic rings. The van der Waals surface area contributed by atoms with Crippen molar-refractivity contribution >= 4 is 17.3 Å². The summed E-state index contributed by atoms with van der Waals surface area (Å²) in [5.41, 5.74) is 0.732. The summed E-state index contributed by atoms with van der Waals surface area (Å²) in [7, 11) is 3.10. The van der Waals surface area contributed by atoms with Gasteiger partial charge in [0.1, 0.15) is 11.4 Å². The highest BCUT2D eigenvalue weighted by molar-refractivity contribution is 6.30. The third-order valence-electron chi connectivity index (χ3n) is 3.52. The Morgan fingerprint density at radius 1 is 1.42 bits per heavy atom. The van der Waals surface area contributed by atoms with Crippen molar-refractivity contribution in [3.63, 3.8) is 0 Å². The Kier molecular flexibility index (Phi) is 3.94. The standard InChI is InChI=1S/C14H12ClN5O4/c1-7-12(20(21)22)11(17-19(7)2)14-16-13(18-24-14)9-6-8(15)4-5-10(9)23-3/h4-6H,1-3H3. The van der Waals surface area contributed by atoms with Crippen LogP contribution in [0.1, 0.15) is 5.69 Å². The molecule has 2 aromatic heterocycles. The second kappa shape index (κ2) is 5.93. The molecule has 0 aliphatic heterocycles. The number of ether oxygens (including phenoxy) is 1. The molecule has 0 aliphatic carbocycles. The van der Waals surface area contributed by atoms with Gasteiger partial charge in [-0.2, -0.15) is 10.1 Å². The van der Waals surface area contributed by atoms with Gasteiger partial charge in [-0.3, -0.25) is 14.8 Å². The maximum Gasteiger partial charge on any atom is 0.322 e.